The van der Waals surface area contributed by atoms with Crippen LogP contribution in [0.5, 0.6) is 11.5 Å². The van der Waals surface area contributed by atoms with Gasteiger partial charge in [-0.15, -0.1) is 0 Å². The molecule has 0 fully saturated rings. The Bertz CT molecular complexity index is 436. The number of benzene rings is 1. The van der Waals surface area contributed by atoms with Crippen molar-refractivity contribution in [2.75, 3.05) is 26.9 Å². The minimum atomic E-state index is -0.489. The first-order chi connectivity index (χ1) is 9.13. The topological polar surface area (TPSA) is 96.8 Å². The molecule has 0 heterocycles. The molecule has 0 radical (unpaired) electrons. The smallest absolute Gasteiger partial charge is 0.277 e. The van der Waals surface area contributed by atoms with Gasteiger partial charge in [-0.05, 0) is 13.0 Å². The predicted molar refractivity (Wildman–Crippen MR) is 69.5 cm³/mol. The summed E-state index contributed by atoms with van der Waals surface area (Å²) >= 11 is 0. The van der Waals surface area contributed by atoms with Crippen molar-refractivity contribution in [3.05, 3.63) is 27.8 Å². The van der Waals surface area contributed by atoms with E-state index in [0.717, 1.165) is 0 Å². The van der Waals surface area contributed by atoms with E-state index in [1.165, 1.54) is 19.2 Å². The SMILES string of the molecule is CCOCCOc1cc([N+](=O)[O-])c(CN)cc1OC. The van der Waals surface area contributed by atoms with Crippen LogP contribution in [0.4, 0.5) is 5.69 Å². The van der Waals surface area contributed by atoms with E-state index >= 15 is 0 Å². The fraction of sp³-hybridized carbons (Fsp3) is 0.500. The molecule has 1 rings (SSSR count). The highest BCUT2D eigenvalue weighted by molar-refractivity contribution is 5.54. The number of nitro benzene ring substituents is 1. The second kappa shape index (κ2) is 7.55. The van der Waals surface area contributed by atoms with Crippen LogP contribution in [0.2, 0.25) is 0 Å². The summed E-state index contributed by atoms with van der Waals surface area (Å²) in [6.07, 6.45) is 0. The highest BCUT2D eigenvalue weighted by atomic mass is 16.6. The van der Waals surface area contributed by atoms with Gasteiger partial charge in [-0.25, -0.2) is 0 Å². The Hall–Kier alpha value is -1.86. The number of hydrogen-bond acceptors (Lipinski definition) is 6. The van der Waals surface area contributed by atoms with Crippen LogP contribution in [-0.2, 0) is 11.3 Å². The summed E-state index contributed by atoms with van der Waals surface area (Å²) in [4.78, 5) is 10.4. The Morgan fingerprint density at radius 1 is 1.32 bits per heavy atom. The van der Waals surface area contributed by atoms with E-state index in [1.54, 1.807) is 0 Å². The van der Waals surface area contributed by atoms with Crippen LogP contribution < -0.4 is 15.2 Å². The lowest BCUT2D eigenvalue weighted by Crippen LogP contribution is -2.08. The number of methoxy groups -OCH3 is 1. The van der Waals surface area contributed by atoms with Gasteiger partial charge in [-0.2, -0.15) is 0 Å². The number of nitrogens with zero attached hydrogens (tertiary/aromatic N) is 1. The number of nitro groups is 1. The Morgan fingerprint density at radius 2 is 2.05 bits per heavy atom. The Kier molecular flexibility index (Phi) is 6.04. The molecule has 0 aromatic heterocycles. The van der Waals surface area contributed by atoms with E-state index in [-0.39, 0.29) is 12.2 Å². The van der Waals surface area contributed by atoms with Gasteiger partial charge in [0.2, 0.25) is 0 Å². The van der Waals surface area contributed by atoms with Gasteiger partial charge in [0.05, 0.1) is 24.7 Å². The lowest BCUT2D eigenvalue weighted by atomic mass is 10.1. The number of ether oxygens (including phenoxy) is 3. The van der Waals surface area contributed by atoms with Gasteiger partial charge in [0.1, 0.15) is 6.61 Å². The largest absolute Gasteiger partial charge is 0.493 e. The highest BCUT2D eigenvalue weighted by Crippen LogP contribution is 2.34. The minimum Gasteiger partial charge on any atom is -0.493 e. The molecule has 0 spiro atoms. The fourth-order valence-electron chi connectivity index (χ4n) is 1.55. The summed E-state index contributed by atoms with van der Waals surface area (Å²) in [6, 6.07) is 2.85. The Labute approximate surface area is 111 Å². The molecule has 0 atom stereocenters. The summed E-state index contributed by atoms with van der Waals surface area (Å²) < 4.78 is 15.7. The van der Waals surface area contributed by atoms with Crippen LogP contribution >= 0.6 is 0 Å². The summed E-state index contributed by atoms with van der Waals surface area (Å²) in [7, 11) is 1.47. The second-order valence-corrected chi connectivity index (χ2v) is 3.64. The quantitative estimate of drug-likeness (QED) is 0.436. The summed E-state index contributed by atoms with van der Waals surface area (Å²) in [5.41, 5.74) is 5.81. The molecule has 0 aliphatic heterocycles. The van der Waals surface area contributed by atoms with Crippen molar-refractivity contribution in [2.45, 2.75) is 13.5 Å². The predicted octanol–water partition coefficient (Wildman–Crippen LogP) is 1.48. The fourth-order valence-corrected chi connectivity index (χ4v) is 1.55. The van der Waals surface area contributed by atoms with Crippen molar-refractivity contribution in [1.82, 2.24) is 0 Å². The third-order valence-electron chi connectivity index (χ3n) is 2.47. The van der Waals surface area contributed by atoms with Crippen LogP contribution in [0, 0.1) is 10.1 Å². The molecule has 19 heavy (non-hydrogen) atoms. The van der Waals surface area contributed by atoms with Gasteiger partial charge >= 0.3 is 0 Å². The van der Waals surface area contributed by atoms with Crippen molar-refractivity contribution in [3.8, 4) is 11.5 Å². The zero-order chi connectivity index (χ0) is 14.3. The molecule has 0 aliphatic rings. The molecular weight excluding hydrogens is 252 g/mol. The average Bonchev–Trinajstić information content (AvgIpc) is 2.42. The molecule has 1 aromatic rings. The average molecular weight is 270 g/mol. The number of nitrogens with two attached hydrogens (primary N) is 1. The van der Waals surface area contributed by atoms with Crippen molar-refractivity contribution < 1.29 is 19.1 Å². The van der Waals surface area contributed by atoms with E-state index in [0.29, 0.717) is 36.9 Å². The third kappa shape index (κ3) is 4.08. The third-order valence-corrected chi connectivity index (χ3v) is 2.47. The van der Waals surface area contributed by atoms with Gasteiger partial charge < -0.3 is 19.9 Å². The highest BCUT2D eigenvalue weighted by Gasteiger charge is 2.18. The maximum absolute atomic E-state index is 10.9. The Morgan fingerprint density at radius 3 is 2.58 bits per heavy atom. The lowest BCUT2D eigenvalue weighted by molar-refractivity contribution is -0.385. The van der Waals surface area contributed by atoms with Crippen LogP contribution in [0.3, 0.4) is 0 Å². The van der Waals surface area contributed by atoms with Crippen LogP contribution in [0.1, 0.15) is 12.5 Å². The number of hydrogen-bond donors (Lipinski definition) is 1. The molecule has 0 saturated heterocycles. The maximum atomic E-state index is 10.9. The van der Waals surface area contributed by atoms with E-state index < -0.39 is 4.92 Å². The first-order valence-corrected chi connectivity index (χ1v) is 5.89. The molecule has 2 N–H and O–H groups in total. The Balaban J connectivity index is 2.94. The van der Waals surface area contributed by atoms with Crippen LogP contribution in [-0.4, -0.2) is 31.9 Å². The molecule has 0 aliphatic carbocycles. The molecular formula is C12H18N2O5. The first-order valence-electron chi connectivity index (χ1n) is 5.89. The van der Waals surface area contributed by atoms with Crippen molar-refractivity contribution in [1.29, 1.82) is 0 Å². The van der Waals surface area contributed by atoms with E-state index in [2.05, 4.69) is 0 Å². The molecule has 7 nitrogen and oxygen atoms in total. The lowest BCUT2D eigenvalue weighted by Gasteiger charge is -2.12. The zero-order valence-corrected chi connectivity index (χ0v) is 11.0. The van der Waals surface area contributed by atoms with Gasteiger partial charge in [-0.1, -0.05) is 0 Å². The normalized spacial score (nSPS) is 10.3. The van der Waals surface area contributed by atoms with Crippen molar-refractivity contribution in [2.24, 2.45) is 5.73 Å². The van der Waals surface area contributed by atoms with E-state index in [9.17, 15) is 10.1 Å². The van der Waals surface area contributed by atoms with Gasteiger partial charge in [0.15, 0.2) is 11.5 Å². The molecule has 0 unspecified atom stereocenters. The molecule has 0 bridgehead atoms. The summed E-state index contributed by atoms with van der Waals surface area (Å²) in [5.74, 6) is 0.730. The molecule has 0 saturated carbocycles. The van der Waals surface area contributed by atoms with Crippen molar-refractivity contribution in [3.63, 3.8) is 0 Å². The minimum absolute atomic E-state index is 0.0614. The van der Waals surface area contributed by atoms with E-state index in [4.69, 9.17) is 19.9 Å². The van der Waals surface area contributed by atoms with Gasteiger partial charge in [0, 0.05) is 18.7 Å². The molecule has 106 valence electrons. The standard InChI is InChI=1S/C12H18N2O5/c1-3-18-4-5-19-12-7-10(14(15)16)9(8-13)6-11(12)17-2/h6-7H,3-5,8,13H2,1-2H3. The van der Waals surface area contributed by atoms with E-state index in [1.807, 2.05) is 6.92 Å². The zero-order valence-electron chi connectivity index (χ0n) is 11.0. The molecule has 0 amide bonds. The first kappa shape index (κ1) is 15.2. The second-order valence-electron chi connectivity index (χ2n) is 3.64. The summed E-state index contributed by atoms with van der Waals surface area (Å²) in [6.45, 7) is 3.23. The van der Waals surface area contributed by atoms with Gasteiger partial charge in [0.25, 0.3) is 5.69 Å². The summed E-state index contributed by atoms with van der Waals surface area (Å²) in [5, 5.41) is 10.9. The van der Waals surface area contributed by atoms with Crippen LogP contribution in [0.25, 0.3) is 0 Å². The van der Waals surface area contributed by atoms with Crippen molar-refractivity contribution >= 4 is 5.69 Å². The molecule has 7 heteroatoms. The maximum Gasteiger partial charge on any atom is 0.277 e. The van der Waals surface area contributed by atoms with Crippen LogP contribution in [0.15, 0.2) is 12.1 Å². The molecule has 1 aromatic carbocycles. The number of rotatable bonds is 8. The van der Waals surface area contributed by atoms with Gasteiger partial charge in [-0.3, -0.25) is 10.1 Å². The monoisotopic (exact) mass is 270 g/mol.